The van der Waals surface area contributed by atoms with Gasteiger partial charge in [0.2, 0.25) is 6.29 Å². The lowest BCUT2D eigenvalue weighted by atomic mass is 9.82. The van der Waals surface area contributed by atoms with Gasteiger partial charge in [-0.3, -0.25) is 9.35 Å². The molecule has 8 unspecified atom stereocenters. The second-order valence-corrected chi connectivity index (χ2v) is 18.4. The molecule has 0 aliphatic carbocycles. The van der Waals surface area contributed by atoms with Gasteiger partial charge >= 0.3 is 16.4 Å². The first-order valence-corrected chi connectivity index (χ1v) is 22.5. The van der Waals surface area contributed by atoms with Gasteiger partial charge in [-0.1, -0.05) is 56.9 Å². The molecule has 24 atom stereocenters. The lowest BCUT2D eigenvalue weighted by Crippen LogP contribution is -2.62. The van der Waals surface area contributed by atoms with Crippen molar-refractivity contribution in [1.82, 2.24) is 0 Å². The maximum absolute atomic E-state index is 12.7. The molecule has 27 heteroatoms. The zero-order valence-corrected chi connectivity index (χ0v) is 37.9. The molecular weight excluding hydrogens is 875 g/mol. The molecule has 0 spiro atoms. The van der Waals surface area contributed by atoms with Gasteiger partial charge < -0.3 is 52.5 Å². The maximum Gasteiger partial charge on any atom is 0.397 e. The second kappa shape index (κ2) is 21.8. The minimum Gasteiger partial charge on any atom is -0.479 e. The summed E-state index contributed by atoms with van der Waals surface area (Å²) in [6.45, 7) is 17.6. The molecule has 0 amide bonds. The Morgan fingerprint density at radius 1 is 0.594 bits per heavy atom. The van der Waals surface area contributed by atoms with Gasteiger partial charge in [0.15, 0.2) is 31.3 Å². The number of azide groups is 3. The SMILES string of the molecule is CC1[C@H](O[C@@H]2CC(N=[N+]=[N-])[C@H](O[C@H]3C(OC=O)O[C@@H](O[C@H]4C(C)O[C@@H](C)C(N=[N+]=[N-])[C@H]4C)C(OS(=O)(=O)O)[C@H]3C)OC2C)O[C@@H](C(=O)O)[C@H](O[C@@H]2O[C@@H](C)[C@H](C)[C@H](C)C2N=[N+]=[N-])[C@@H]1C. The zero-order valence-electron chi connectivity index (χ0n) is 37.1. The fraction of sp³-hybridized carbons (Fsp3) is 0.946. The second-order valence-electron chi connectivity index (χ2n) is 17.4. The molecule has 0 aromatic heterocycles. The molecule has 0 aromatic carbocycles. The standard InChI is InChI=1S/C37H59N9O17S/c1-13-14(2)26(43-46-40)35(55-19(13)7)59-28-15(3)16(4)33(61-31(28)32(48)49)57-24-11-23(41-44-38)34(56-20(24)8)60-29-18(6)30(63-64(50,51)52)37(62-36(29)53-12-47)58-27-17(5)25(42-45-39)21(9)54-22(27)10/h12-31,33-37H,11H2,1-10H3,(H,48,49)(H,50,51,52)/t13-,14+,15-,16?,17-,18+,19+,20?,21+,22?,23?,24-,25?,26?,27-,28-,29-,30?,31-,33-,34+,35+,36?,37-/m1/s1. The smallest absolute Gasteiger partial charge is 0.397 e. The third-order valence-electron chi connectivity index (χ3n) is 13.4. The van der Waals surface area contributed by atoms with Gasteiger partial charge in [0, 0.05) is 26.6 Å². The number of ether oxygens (including phenoxy) is 10. The molecule has 64 heavy (non-hydrogen) atoms. The fourth-order valence-electron chi connectivity index (χ4n) is 9.22. The van der Waals surface area contributed by atoms with Crippen LogP contribution in [0.25, 0.3) is 31.3 Å². The molecule has 5 saturated heterocycles. The van der Waals surface area contributed by atoms with E-state index in [-0.39, 0.29) is 30.8 Å². The van der Waals surface area contributed by atoms with Crippen LogP contribution in [0.1, 0.15) is 75.7 Å². The molecule has 0 radical (unpaired) electrons. The van der Waals surface area contributed by atoms with Gasteiger partial charge in [0.1, 0.15) is 18.3 Å². The molecule has 0 bridgehead atoms. The molecule has 26 nitrogen and oxygen atoms in total. The van der Waals surface area contributed by atoms with E-state index in [2.05, 4.69) is 30.1 Å². The van der Waals surface area contributed by atoms with E-state index in [1.165, 1.54) is 6.92 Å². The number of carbonyl (C=O) groups excluding carboxylic acids is 1. The number of hydrogen-bond acceptors (Lipinski definition) is 18. The van der Waals surface area contributed by atoms with Crippen LogP contribution in [0, 0.1) is 35.5 Å². The molecule has 5 fully saturated rings. The molecule has 0 saturated carbocycles. The minimum absolute atomic E-state index is 0.0238. The van der Waals surface area contributed by atoms with E-state index in [0.29, 0.717) is 0 Å². The highest BCUT2D eigenvalue weighted by Crippen LogP contribution is 2.42. The first-order valence-electron chi connectivity index (χ1n) is 21.1. The lowest BCUT2D eigenvalue weighted by molar-refractivity contribution is -0.373. The minimum atomic E-state index is -5.18. The van der Waals surface area contributed by atoms with Gasteiger partial charge in [0.25, 0.3) is 6.47 Å². The van der Waals surface area contributed by atoms with Crippen molar-refractivity contribution in [3.63, 3.8) is 0 Å². The Morgan fingerprint density at radius 3 is 1.81 bits per heavy atom. The number of carbonyl (C=O) groups is 2. The van der Waals surface area contributed by atoms with Crippen molar-refractivity contribution in [2.24, 2.45) is 50.9 Å². The van der Waals surface area contributed by atoms with Gasteiger partial charge in [-0.25, -0.2) is 8.98 Å². The summed E-state index contributed by atoms with van der Waals surface area (Å²) in [6.07, 6.45) is -16.6. The molecule has 5 aliphatic heterocycles. The third-order valence-corrected chi connectivity index (χ3v) is 13.9. The van der Waals surface area contributed by atoms with Gasteiger partial charge in [-0.2, -0.15) is 8.42 Å². The Morgan fingerprint density at radius 2 is 1.20 bits per heavy atom. The van der Waals surface area contributed by atoms with E-state index >= 15 is 0 Å². The van der Waals surface area contributed by atoms with Crippen molar-refractivity contribution in [3.05, 3.63) is 31.3 Å². The van der Waals surface area contributed by atoms with Crippen LogP contribution in [-0.2, 0) is 71.5 Å². The van der Waals surface area contributed by atoms with E-state index in [4.69, 9.17) is 57.1 Å². The number of rotatable bonds is 16. The maximum atomic E-state index is 12.7. The van der Waals surface area contributed by atoms with E-state index < -0.39 is 145 Å². The average molecular weight is 934 g/mol. The Labute approximate surface area is 369 Å². The normalized spacial score (nSPS) is 46.3. The summed E-state index contributed by atoms with van der Waals surface area (Å²) in [5.41, 5.74) is 28.1. The predicted molar refractivity (Wildman–Crippen MR) is 215 cm³/mol. The van der Waals surface area contributed by atoms with Crippen LogP contribution < -0.4 is 0 Å². The summed E-state index contributed by atoms with van der Waals surface area (Å²) in [5, 5.41) is 22.0. The Hall–Kier alpha value is -3.62. The van der Waals surface area contributed by atoms with Gasteiger partial charge in [-0.15, -0.1) is 0 Å². The average Bonchev–Trinajstić information content (AvgIpc) is 3.22. The van der Waals surface area contributed by atoms with Crippen molar-refractivity contribution in [2.75, 3.05) is 0 Å². The lowest BCUT2D eigenvalue weighted by Gasteiger charge is -2.49. The van der Waals surface area contributed by atoms with E-state index in [9.17, 15) is 38.7 Å². The summed E-state index contributed by atoms with van der Waals surface area (Å²) in [5.74, 6) is -4.09. The highest BCUT2D eigenvalue weighted by molar-refractivity contribution is 7.80. The van der Waals surface area contributed by atoms with Crippen molar-refractivity contribution in [1.29, 1.82) is 0 Å². The zero-order chi connectivity index (χ0) is 47.4. The molecule has 5 rings (SSSR count). The Kier molecular flexibility index (Phi) is 17.5. The highest BCUT2D eigenvalue weighted by Gasteiger charge is 2.55. The summed E-state index contributed by atoms with van der Waals surface area (Å²) < 4.78 is 100. The number of aliphatic carboxylic acids is 1. The van der Waals surface area contributed by atoms with E-state index in [1.807, 2.05) is 20.8 Å². The number of hydrogen-bond donors (Lipinski definition) is 2. The van der Waals surface area contributed by atoms with Crippen LogP contribution in [0.2, 0.25) is 0 Å². The van der Waals surface area contributed by atoms with Crippen molar-refractivity contribution >= 4 is 22.8 Å². The predicted octanol–water partition coefficient (Wildman–Crippen LogP) is 4.92. The quantitative estimate of drug-likeness (QED) is 0.0681. The molecule has 5 aliphatic rings. The van der Waals surface area contributed by atoms with Crippen LogP contribution in [0.15, 0.2) is 15.3 Å². The van der Waals surface area contributed by atoms with Crippen LogP contribution in [0.5, 0.6) is 0 Å². The molecule has 0 aromatic rings. The van der Waals surface area contributed by atoms with Crippen molar-refractivity contribution < 1.29 is 79.2 Å². The largest absolute Gasteiger partial charge is 0.479 e. The summed E-state index contributed by atoms with van der Waals surface area (Å²) in [7, 11) is -5.18. The van der Waals surface area contributed by atoms with Crippen LogP contribution in [0.3, 0.4) is 0 Å². The Bertz CT molecular complexity index is 1890. The van der Waals surface area contributed by atoms with Crippen LogP contribution >= 0.6 is 0 Å². The molecular formula is C37H59N9O17S. The molecule has 360 valence electrons. The number of nitrogens with zero attached hydrogens (tertiary/aromatic N) is 9. The monoisotopic (exact) mass is 933 g/mol. The van der Waals surface area contributed by atoms with Crippen molar-refractivity contribution in [3.8, 4) is 0 Å². The summed E-state index contributed by atoms with van der Waals surface area (Å²) in [4.78, 5) is 33.3. The van der Waals surface area contributed by atoms with Crippen molar-refractivity contribution in [2.45, 2.75) is 186 Å². The van der Waals surface area contributed by atoms with Gasteiger partial charge in [-0.05, 0) is 74.4 Å². The molecule has 2 N–H and O–H groups in total. The Balaban J connectivity index is 1.33. The topological polar surface area (TPSA) is 357 Å². The summed E-state index contributed by atoms with van der Waals surface area (Å²) in [6, 6.07) is -2.58. The third kappa shape index (κ3) is 11.5. The highest BCUT2D eigenvalue weighted by atomic mass is 32.3. The molecule has 5 heterocycles. The van der Waals surface area contributed by atoms with Crippen LogP contribution in [0.4, 0.5) is 0 Å². The fourth-order valence-corrected chi connectivity index (χ4v) is 9.77. The first kappa shape index (κ1) is 51.4. The van der Waals surface area contributed by atoms with Gasteiger partial charge in [0.05, 0.1) is 54.7 Å². The summed E-state index contributed by atoms with van der Waals surface area (Å²) >= 11 is 0. The number of carboxylic acids is 1. The van der Waals surface area contributed by atoms with E-state index in [0.717, 1.165) is 0 Å². The number of carboxylic acid groups (broad SMARTS) is 1. The van der Waals surface area contributed by atoms with Crippen LogP contribution in [-0.4, -0.2) is 141 Å². The first-order chi connectivity index (χ1) is 30.1. The van der Waals surface area contributed by atoms with E-state index in [1.54, 1.807) is 41.5 Å².